The van der Waals surface area contributed by atoms with Crippen LogP contribution in [0.15, 0.2) is 30.3 Å². The van der Waals surface area contributed by atoms with Crippen molar-refractivity contribution in [2.75, 3.05) is 32.7 Å². The molecule has 1 amide bonds. The van der Waals surface area contributed by atoms with Crippen LogP contribution in [-0.4, -0.2) is 48.4 Å². The number of rotatable bonds is 4. The topological polar surface area (TPSA) is 23.6 Å². The molecule has 1 aromatic carbocycles. The van der Waals surface area contributed by atoms with E-state index in [4.69, 9.17) is 0 Å². The highest BCUT2D eigenvalue weighted by Gasteiger charge is 2.21. The average Bonchev–Trinajstić information content (AvgIpc) is 2.46. The normalized spacial score (nSPS) is 16.8. The summed E-state index contributed by atoms with van der Waals surface area (Å²) < 4.78 is 0. The molecule has 1 fully saturated rings. The van der Waals surface area contributed by atoms with E-state index in [-0.39, 0.29) is 5.91 Å². The number of benzene rings is 1. The van der Waals surface area contributed by atoms with Crippen LogP contribution in [0, 0.1) is 0 Å². The van der Waals surface area contributed by atoms with Crippen LogP contribution < -0.4 is 0 Å². The van der Waals surface area contributed by atoms with E-state index in [1.54, 1.807) is 0 Å². The molecule has 1 aromatic rings. The van der Waals surface area contributed by atoms with Gasteiger partial charge in [-0.1, -0.05) is 31.5 Å². The maximum atomic E-state index is 12.2. The summed E-state index contributed by atoms with van der Waals surface area (Å²) in [5.74, 6) is 0.172. The summed E-state index contributed by atoms with van der Waals surface area (Å²) in [6.45, 7) is 7.13. The number of hydrogen-bond acceptors (Lipinski definition) is 2. The average molecular weight is 246 g/mol. The van der Waals surface area contributed by atoms with Gasteiger partial charge < -0.3 is 4.90 Å². The monoisotopic (exact) mass is 246 g/mol. The summed E-state index contributed by atoms with van der Waals surface area (Å²) in [6, 6.07) is 9.58. The molecular formula is C15H22N2O. The minimum atomic E-state index is 0.172. The third-order valence-electron chi connectivity index (χ3n) is 3.51. The van der Waals surface area contributed by atoms with Gasteiger partial charge >= 0.3 is 0 Å². The first-order valence-corrected chi connectivity index (χ1v) is 6.88. The molecule has 1 saturated heterocycles. The van der Waals surface area contributed by atoms with Gasteiger partial charge in [-0.15, -0.1) is 0 Å². The van der Waals surface area contributed by atoms with Crippen LogP contribution in [0.2, 0.25) is 0 Å². The highest BCUT2D eigenvalue weighted by Crippen LogP contribution is 2.09. The predicted octanol–water partition coefficient (Wildman–Crippen LogP) is 2.24. The minimum absolute atomic E-state index is 0.172. The molecule has 1 heterocycles. The lowest BCUT2D eigenvalue weighted by Crippen LogP contribution is -2.48. The van der Waals surface area contributed by atoms with Crippen LogP contribution >= 0.6 is 0 Å². The number of carbonyl (C=O) groups excluding carboxylic acids is 1. The molecule has 0 aliphatic carbocycles. The van der Waals surface area contributed by atoms with Gasteiger partial charge in [0.2, 0.25) is 0 Å². The summed E-state index contributed by atoms with van der Waals surface area (Å²) >= 11 is 0. The van der Waals surface area contributed by atoms with Crippen molar-refractivity contribution in [3.05, 3.63) is 35.9 Å². The summed E-state index contributed by atoms with van der Waals surface area (Å²) in [6.07, 6.45) is 2.50. The third-order valence-corrected chi connectivity index (χ3v) is 3.51. The van der Waals surface area contributed by atoms with Gasteiger partial charge in [0.25, 0.3) is 5.91 Å². The van der Waals surface area contributed by atoms with Crippen LogP contribution in [0.5, 0.6) is 0 Å². The SMILES string of the molecule is CCCCN1CCN(C(=O)c2ccccc2)CC1. The summed E-state index contributed by atoms with van der Waals surface area (Å²) in [4.78, 5) is 16.7. The van der Waals surface area contributed by atoms with Crippen LogP contribution in [0.1, 0.15) is 30.1 Å². The first-order valence-electron chi connectivity index (χ1n) is 6.88. The summed E-state index contributed by atoms with van der Waals surface area (Å²) in [7, 11) is 0. The first kappa shape index (κ1) is 13.1. The molecule has 0 radical (unpaired) electrons. The molecule has 0 saturated carbocycles. The van der Waals surface area contributed by atoms with Crippen LogP contribution in [0.3, 0.4) is 0 Å². The highest BCUT2D eigenvalue weighted by molar-refractivity contribution is 5.94. The maximum Gasteiger partial charge on any atom is 0.253 e. The summed E-state index contributed by atoms with van der Waals surface area (Å²) in [5.41, 5.74) is 0.805. The Kier molecular flexibility index (Phi) is 4.76. The molecule has 0 unspecified atom stereocenters. The van der Waals surface area contributed by atoms with Crippen molar-refractivity contribution in [3.8, 4) is 0 Å². The van der Waals surface area contributed by atoms with Gasteiger partial charge in [0, 0.05) is 31.7 Å². The molecule has 3 nitrogen and oxygen atoms in total. The van der Waals surface area contributed by atoms with Crippen molar-refractivity contribution in [2.45, 2.75) is 19.8 Å². The number of unbranched alkanes of at least 4 members (excludes halogenated alkanes) is 1. The molecule has 0 bridgehead atoms. The Balaban J connectivity index is 1.84. The number of piperazine rings is 1. The van der Waals surface area contributed by atoms with Crippen molar-refractivity contribution < 1.29 is 4.79 Å². The van der Waals surface area contributed by atoms with Gasteiger partial charge in [0.15, 0.2) is 0 Å². The molecule has 0 aromatic heterocycles. The van der Waals surface area contributed by atoms with Crippen molar-refractivity contribution >= 4 is 5.91 Å². The number of nitrogens with zero attached hydrogens (tertiary/aromatic N) is 2. The predicted molar refractivity (Wildman–Crippen MR) is 73.7 cm³/mol. The molecular weight excluding hydrogens is 224 g/mol. The third kappa shape index (κ3) is 3.33. The van der Waals surface area contributed by atoms with E-state index < -0.39 is 0 Å². The van der Waals surface area contributed by atoms with E-state index in [0.29, 0.717) is 0 Å². The number of amides is 1. The molecule has 0 atom stereocenters. The molecule has 3 heteroatoms. The Hall–Kier alpha value is -1.35. The summed E-state index contributed by atoms with van der Waals surface area (Å²) in [5, 5.41) is 0. The minimum Gasteiger partial charge on any atom is -0.336 e. The molecule has 18 heavy (non-hydrogen) atoms. The second-order valence-corrected chi connectivity index (χ2v) is 4.85. The Morgan fingerprint density at radius 2 is 1.78 bits per heavy atom. The highest BCUT2D eigenvalue weighted by atomic mass is 16.2. The zero-order valence-corrected chi connectivity index (χ0v) is 11.1. The van der Waals surface area contributed by atoms with Gasteiger partial charge in [0.1, 0.15) is 0 Å². The van der Waals surface area contributed by atoms with Gasteiger partial charge in [-0.2, -0.15) is 0 Å². The van der Waals surface area contributed by atoms with Gasteiger partial charge in [-0.3, -0.25) is 9.69 Å². The fourth-order valence-electron chi connectivity index (χ4n) is 2.32. The van der Waals surface area contributed by atoms with Crippen molar-refractivity contribution in [1.82, 2.24) is 9.80 Å². The smallest absolute Gasteiger partial charge is 0.253 e. The standard InChI is InChI=1S/C15H22N2O/c1-2-3-9-16-10-12-17(13-11-16)15(18)14-7-5-4-6-8-14/h4-8H,2-3,9-13H2,1H3. The second-order valence-electron chi connectivity index (χ2n) is 4.85. The van der Waals surface area contributed by atoms with Gasteiger partial charge in [-0.05, 0) is 25.1 Å². The van der Waals surface area contributed by atoms with E-state index in [2.05, 4.69) is 11.8 Å². The Bertz CT molecular complexity index is 369. The Morgan fingerprint density at radius 1 is 1.11 bits per heavy atom. The van der Waals surface area contributed by atoms with E-state index in [0.717, 1.165) is 31.7 Å². The Morgan fingerprint density at radius 3 is 2.39 bits per heavy atom. The fraction of sp³-hybridized carbons (Fsp3) is 0.533. The zero-order chi connectivity index (χ0) is 12.8. The molecule has 1 aliphatic heterocycles. The largest absolute Gasteiger partial charge is 0.336 e. The van der Waals surface area contributed by atoms with Crippen LogP contribution in [0.4, 0.5) is 0 Å². The lowest BCUT2D eigenvalue weighted by molar-refractivity contribution is 0.0636. The molecule has 2 rings (SSSR count). The maximum absolute atomic E-state index is 12.2. The fourth-order valence-corrected chi connectivity index (χ4v) is 2.32. The van der Waals surface area contributed by atoms with Gasteiger partial charge in [0.05, 0.1) is 0 Å². The van der Waals surface area contributed by atoms with Gasteiger partial charge in [-0.25, -0.2) is 0 Å². The number of carbonyl (C=O) groups is 1. The van der Waals surface area contributed by atoms with E-state index in [9.17, 15) is 4.79 Å². The molecule has 0 spiro atoms. The van der Waals surface area contributed by atoms with Crippen molar-refractivity contribution in [2.24, 2.45) is 0 Å². The van der Waals surface area contributed by atoms with E-state index >= 15 is 0 Å². The second kappa shape index (κ2) is 6.55. The lowest BCUT2D eigenvalue weighted by Gasteiger charge is -2.34. The van der Waals surface area contributed by atoms with E-state index in [1.807, 2.05) is 35.2 Å². The molecule has 0 N–H and O–H groups in total. The van der Waals surface area contributed by atoms with E-state index in [1.165, 1.54) is 19.4 Å². The zero-order valence-electron chi connectivity index (χ0n) is 11.1. The molecule has 1 aliphatic rings. The molecule has 98 valence electrons. The quantitative estimate of drug-likeness (QED) is 0.813. The first-order chi connectivity index (χ1) is 8.81. The van der Waals surface area contributed by atoms with Crippen molar-refractivity contribution in [3.63, 3.8) is 0 Å². The van der Waals surface area contributed by atoms with Crippen LogP contribution in [-0.2, 0) is 0 Å². The van der Waals surface area contributed by atoms with Crippen molar-refractivity contribution in [1.29, 1.82) is 0 Å². The van der Waals surface area contributed by atoms with Crippen LogP contribution in [0.25, 0.3) is 0 Å². The number of hydrogen-bond donors (Lipinski definition) is 0. The lowest BCUT2D eigenvalue weighted by atomic mass is 10.2. The Labute approximate surface area is 109 Å².